The Morgan fingerprint density at radius 1 is 1.53 bits per heavy atom. The summed E-state index contributed by atoms with van der Waals surface area (Å²) in [5.74, 6) is 0.482. The van der Waals surface area contributed by atoms with E-state index in [9.17, 15) is 10.1 Å². The Balaban J connectivity index is 1.93. The van der Waals surface area contributed by atoms with Crippen LogP contribution in [0.4, 0.5) is 5.69 Å². The second kappa shape index (κ2) is 6.84. The van der Waals surface area contributed by atoms with Gasteiger partial charge in [0.25, 0.3) is 5.69 Å². The minimum absolute atomic E-state index is 0.0225. The van der Waals surface area contributed by atoms with Gasteiger partial charge in [-0.05, 0) is 31.4 Å². The molecule has 1 aliphatic rings. The van der Waals surface area contributed by atoms with Crippen LogP contribution in [-0.2, 0) is 11.3 Å². The summed E-state index contributed by atoms with van der Waals surface area (Å²) in [6.45, 7) is 2.80. The number of halogens is 1. The number of rotatable bonds is 5. The van der Waals surface area contributed by atoms with E-state index in [1.807, 2.05) is 0 Å². The highest BCUT2D eigenvalue weighted by molar-refractivity contribution is 6.31. The van der Waals surface area contributed by atoms with Crippen LogP contribution in [0, 0.1) is 16.0 Å². The van der Waals surface area contributed by atoms with Crippen LogP contribution in [0.25, 0.3) is 0 Å². The molecule has 0 spiro atoms. The molecule has 6 heteroatoms. The molecule has 1 fully saturated rings. The Morgan fingerprint density at radius 2 is 2.37 bits per heavy atom. The lowest BCUT2D eigenvalue weighted by Crippen LogP contribution is -2.32. The summed E-state index contributed by atoms with van der Waals surface area (Å²) in [6.07, 6.45) is 2.29. The Morgan fingerprint density at radius 3 is 3.05 bits per heavy atom. The summed E-state index contributed by atoms with van der Waals surface area (Å²) in [7, 11) is 0. The monoisotopic (exact) mass is 284 g/mol. The van der Waals surface area contributed by atoms with E-state index < -0.39 is 4.92 Å². The smallest absolute Gasteiger partial charge is 0.276 e. The number of nitrogens with zero attached hydrogens (tertiary/aromatic N) is 1. The van der Waals surface area contributed by atoms with Crippen LogP contribution in [0.2, 0.25) is 5.02 Å². The Bertz CT molecular complexity index is 448. The maximum atomic E-state index is 10.9. The zero-order valence-corrected chi connectivity index (χ0v) is 11.4. The molecule has 0 amide bonds. The topological polar surface area (TPSA) is 64.4 Å². The van der Waals surface area contributed by atoms with Crippen LogP contribution in [-0.4, -0.2) is 24.6 Å². The molecule has 1 saturated heterocycles. The van der Waals surface area contributed by atoms with Gasteiger partial charge in [-0.25, -0.2) is 0 Å². The average Bonchev–Trinajstić information content (AvgIpc) is 2.41. The molecule has 0 radical (unpaired) electrons. The van der Waals surface area contributed by atoms with Crippen molar-refractivity contribution in [1.82, 2.24) is 5.32 Å². The molecular weight excluding hydrogens is 268 g/mol. The first-order valence-electron chi connectivity index (χ1n) is 6.38. The summed E-state index contributed by atoms with van der Waals surface area (Å²) in [5.41, 5.74) is 0.479. The van der Waals surface area contributed by atoms with Crippen LogP contribution in [0.5, 0.6) is 0 Å². The van der Waals surface area contributed by atoms with Crippen LogP contribution in [0.3, 0.4) is 0 Å². The molecular formula is C13H17ClN2O3. The molecule has 0 aromatic heterocycles. The fraction of sp³-hybridized carbons (Fsp3) is 0.538. The number of hydrogen-bond donors (Lipinski definition) is 1. The number of piperidine rings is 1. The van der Waals surface area contributed by atoms with E-state index in [-0.39, 0.29) is 12.3 Å². The van der Waals surface area contributed by atoms with E-state index in [2.05, 4.69) is 5.32 Å². The second-order valence-corrected chi connectivity index (χ2v) is 5.13. The predicted octanol–water partition coefficient (Wildman–Crippen LogP) is 2.76. The van der Waals surface area contributed by atoms with Crippen molar-refractivity contribution in [2.75, 3.05) is 19.7 Å². The molecule has 1 aromatic rings. The zero-order valence-electron chi connectivity index (χ0n) is 10.6. The van der Waals surface area contributed by atoms with Crippen molar-refractivity contribution in [3.05, 3.63) is 38.9 Å². The number of nitro benzene ring substituents is 1. The van der Waals surface area contributed by atoms with Gasteiger partial charge in [-0.3, -0.25) is 10.1 Å². The van der Waals surface area contributed by atoms with Gasteiger partial charge >= 0.3 is 0 Å². The average molecular weight is 285 g/mol. The number of hydrogen-bond acceptors (Lipinski definition) is 4. The van der Waals surface area contributed by atoms with Crippen LogP contribution >= 0.6 is 11.6 Å². The third kappa shape index (κ3) is 3.89. The maximum Gasteiger partial charge on any atom is 0.276 e. The van der Waals surface area contributed by atoms with Gasteiger partial charge in [-0.2, -0.15) is 0 Å². The van der Waals surface area contributed by atoms with Gasteiger partial charge < -0.3 is 10.1 Å². The standard InChI is InChI=1S/C13H17ClN2O3/c14-12-4-1-5-13(16(17)18)11(12)9-19-8-10-3-2-6-15-7-10/h1,4-5,10,15H,2-3,6-9H2. The first kappa shape index (κ1) is 14.2. The minimum Gasteiger partial charge on any atom is -0.376 e. The van der Waals surface area contributed by atoms with Gasteiger partial charge in [0.2, 0.25) is 0 Å². The molecule has 1 atom stereocenters. The summed E-state index contributed by atoms with van der Waals surface area (Å²) in [4.78, 5) is 10.5. The summed E-state index contributed by atoms with van der Waals surface area (Å²) in [6, 6.07) is 4.68. The molecule has 1 aliphatic heterocycles. The van der Waals surface area contributed by atoms with Crippen molar-refractivity contribution in [1.29, 1.82) is 0 Å². The molecule has 1 heterocycles. The van der Waals surface area contributed by atoms with E-state index in [4.69, 9.17) is 16.3 Å². The molecule has 2 rings (SSSR count). The summed E-state index contributed by atoms with van der Waals surface area (Å²) in [5, 5.41) is 14.6. The second-order valence-electron chi connectivity index (χ2n) is 4.72. The SMILES string of the molecule is O=[N+]([O-])c1cccc(Cl)c1COCC1CCCNC1. The van der Waals surface area contributed by atoms with Gasteiger partial charge in [-0.15, -0.1) is 0 Å². The molecule has 5 nitrogen and oxygen atoms in total. The Kier molecular flexibility index (Phi) is 5.13. The van der Waals surface area contributed by atoms with E-state index in [0.717, 1.165) is 25.9 Å². The minimum atomic E-state index is -0.424. The van der Waals surface area contributed by atoms with Crippen LogP contribution in [0.15, 0.2) is 18.2 Å². The molecule has 0 aliphatic carbocycles. The number of nitrogens with one attached hydrogen (secondary N) is 1. The summed E-state index contributed by atoms with van der Waals surface area (Å²) < 4.78 is 5.60. The highest BCUT2D eigenvalue weighted by Crippen LogP contribution is 2.27. The highest BCUT2D eigenvalue weighted by atomic mass is 35.5. The third-order valence-electron chi connectivity index (χ3n) is 3.29. The fourth-order valence-corrected chi connectivity index (χ4v) is 2.48. The first-order chi connectivity index (χ1) is 9.18. The van der Waals surface area contributed by atoms with Gasteiger partial charge in [0.15, 0.2) is 0 Å². The Labute approximate surface area is 117 Å². The summed E-state index contributed by atoms with van der Waals surface area (Å²) >= 11 is 6.00. The normalized spacial score (nSPS) is 19.3. The van der Waals surface area contributed by atoms with Crippen molar-refractivity contribution >= 4 is 17.3 Å². The molecule has 1 N–H and O–H groups in total. The zero-order chi connectivity index (χ0) is 13.7. The number of nitro groups is 1. The van der Waals surface area contributed by atoms with Crippen LogP contribution < -0.4 is 5.32 Å². The van der Waals surface area contributed by atoms with Gasteiger partial charge in [0, 0.05) is 12.6 Å². The predicted molar refractivity (Wildman–Crippen MR) is 73.4 cm³/mol. The number of benzene rings is 1. The quantitative estimate of drug-likeness (QED) is 0.667. The van der Waals surface area contributed by atoms with E-state index in [1.54, 1.807) is 12.1 Å². The van der Waals surface area contributed by atoms with Crippen LogP contribution in [0.1, 0.15) is 18.4 Å². The van der Waals surface area contributed by atoms with Crippen molar-refractivity contribution in [3.63, 3.8) is 0 Å². The third-order valence-corrected chi connectivity index (χ3v) is 3.64. The van der Waals surface area contributed by atoms with Gasteiger partial charge in [-0.1, -0.05) is 17.7 Å². The maximum absolute atomic E-state index is 10.9. The van der Waals surface area contributed by atoms with E-state index in [0.29, 0.717) is 23.1 Å². The van der Waals surface area contributed by atoms with Crippen molar-refractivity contribution in [3.8, 4) is 0 Å². The molecule has 1 unspecified atom stereocenters. The molecule has 104 valence electrons. The van der Waals surface area contributed by atoms with Gasteiger partial charge in [0.05, 0.1) is 28.7 Å². The van der Waals surface area contributed by atoms with Crippen molar-refractivity contribution in [2.45, 2.75) is 19.4 Å². The Hall–Kier alpha value is -1.17. The highest BCUT2D eigenvalue weighted by Gasteiger charge is 2.18. The van der Waals surface area contributed by atoms with Crippen molar-refractivity contribution < 1.29 is 9.66 Å². The molecule has 1 aromatic carbocycles. The lowest BCUT2D eigenvalue weighted by molar-refractivity contribution is -0.385. The largest absolute Gasteiger partial charge is 0.376 e. The first-order valence-corrected chi connectivity index (χ1v) is 6.76. The molecule has 0 bridgehead atoms. The van der Waals surface area contributed by atoms with E-state index >= 15 is 0 Å². The number of ether oxygens (including phenoxy) is 1. The molecule has 0 saturated carbocycles. The van der Waals surface area contributed by atoms with E-state index in [1.165, 1.54) is 6.07 Å². The fourth-order valence-electron chi connectivity index (χ4n) is 2.26. The lowest BCUT2D eigenvalue weighted by atomic mass is 10.0. The van der Waals surface area contributed by atoms with Gasteiger partial charge in [0.1, 0.15) is 0 Å². The molecule has 19 heavy (non-hydrogen) atoms. The lowest BCUT2D eigenvalue weighted by Gasteiger charge is -2.22. The van der Waals surface area contributed by atoms with Crippen molar-refractivity contribution in [2.24, 2.45) is 5.92 Å².